The van der Waals surface area contributed by atoms with Crippen LogP contribution >= 0.6 is 0 Å². The van der Waals surface area contributed by atoms with E-state index >= 15 is 0 Å². The SMILES string of the molecule is CCOC(=O)c1cc2cc(N)c(O)c(C)c2oc1=O. The second-order valence-corrected chi connectivity index (χ2v) is 4.03. The number of nitrogens with two attached hydrogens (primary N) is 1. The van der Waals surface area contributed by atoms with E-state index in [1.54, 1.807) is 13.8 Å². The van der Waals surface area contributed by atoms with Gasteiger partial charge in [0.25, 0.3) is 0 Å². The lowest BCUT2D eigenvalue weighted by atomic mass is 10.1. The third-order valence-corrected chi connectivity index (χ3v) is 2.75. The molecule has 6 nitrogen and oxygen atoms in total. The van der Waals surface area contributed by atoms with Crippen molar-refractivity contribution < 1.29 is 19.1 Å². The first-order chi connectivity index (χ1) is 8.95. The first kappa shape index (κ1) is 12.9. The van der Waals surface area contributed by atoms with Crippen LogP contribution in [0.5, 0.6) is 5.75 Å². The lowest BCUT2D eigenvalue weighted by Crippen LogP contribution is -2.16. The van der Waals surface area contributed by atoms with Crippen molar-refractivity contribution in [2.75, 3.05) is 12.3 Å². The molecule has 1 aromatic heterocycles. The Morgan fingerprint density at radius 2 is 2.16 bits per heavy atom. The van der Waals surface area contributed by atoms with Crippen LogP contribution in [0.1, 0.15) is 22.8 Å². The molecule has 0 saturated heterocycles. The zero-order chi connectivity index (χ0) is 14.2. The van der Waals surface area contributed by atoms with Crippen molar-refractivity contribution in [3.63, 3.8) is 0 Å². The highest BCUT2D eigenvalue weighted by Gasteiger charge is 2.17. The number of phenols is 1. The van der Waals surface area contributed by atoms with Gasteiger partial charge in [-0.05, 0) is 26.0 Å². The minimum absolute atomic E-state index is 0.139. The van der Waals surface area contributed by atoms with Crippen LogP contribution < -0.4 is 11.4 Å². The third kappa shape index (κ3) is 2.12. The first-order valence-corrected chi connectivity index (χ1v) is 5.68. The summed E-state index contributed by atoms with van der Waals surface area (Å²) in [5, 5.41) is 10.1. The number of benzene rings is 1. The van der Waals surface area contributed by atoms with E-state index < -0.39 is 11.6 Å². The molecule has 0 spiro atoms. The van der Waals surface area contributed by atoms with E-state index in [9.17, 15) is 14.7 Å². The summed E-state index contributed by atoms with van der Waals surface area (Å²) in [7, 11) is 0. The lowest BCUT2D eigenvalue weighted by Gasteiger charge is -2.07. The van der Waals surface area contributed by atoms with Gasteiger partial charge in [-0.2, -0.15) is 0 Å². The smallest absolute Gasteiger partial charge is 0.351 e. The average molecular weight is 263 g/mol. The fraction of sp³-hybridized carbons (Fsp3) is 0.231. The number of aryl methyl sites for hydroxylation is 1. The molecule has 0 fully saturated rings. The van der Waals surface area contributed by atoms with E-state index in [2.05, 4.69) is 0 Å². The Bertz CT molecular complexity index is 717. The van der Waals surface area contributed by atoms with Crippen molar-refractivity contribution in [1.82, 2.24) is 0 Å². The van der Waals surface area contributed by atoms with Gasteiger partial charge in [0, 0.05) is 10.9 Å². The normalized spacial score (nSPS) is 10.6. The van der Waals surface area contributed by atoms with Gasteiger partial charge >= 0.3 is 11.6 Å². The van der Waals surface area contributed by atoms with E-state index in [4.69, 9.17) is 14.9 Å². The van der Waals surface area contributed by atoms with E-state index in [0.717, 1.165) is 0 Å². The van der Waals surface area contributed by atoms with E-state index in [1.807, 2.05) is 0 Å². The number of hydrogen-bond acceptors (Lipinski definition) is 6. The molecule has 3 N–H and O–H groups in total. The van der Waals surface area contributed by atoms with Crippen LogP contribution in [-0.4, -0.2) is 17.7 Å². The van der Waals surface area contributed by atoms with Gasteiger partial charge in [0.2, 0.25) is 0 Å². The second-order valence-electron chi connectivity index (χ2n) is 4.03. The van der Waals surface area contributed by atoms with Gasteiger partial charge in [0.05, 0.1) is 12.3 Å². The van der Waals surface area contributed by atoms with Crippen LogP contribution in [0.25, 0.3) is 11.0 Å². The van der Waals surface area contributed by atoms with Crippen molar-refractivity contribution in [3.05, 3.63) is 33.7 Å². The molecule has 6 heteroatoms. The van der Waals surface area contributed by atoms with E-state index in [0.29, 0.717) is 10.9 Å². The third-order valence-electron chi connectivity index (χ3n) is 2.75. The molecule has 0 unspecified atom stereocenters. The summed E-state index contributed by atoms with van der Waals surface area (Å²) < 4.78 is 9.82. The quantitative estimate of drug-likeness (QED) is 0.369. The van der Waals surface area contributed by atoms with Crippen LogP contribution in [0.2, 0.25) is 0 Å². The molecule has 2 aromatic rings. The number of fused-ring (bicyclic) bond motifs is 1. The van der Waals surface area contributed by atoms with Crippen molar-refractivity contribution in [2.24, 2.45) is 0 Å². The molecule has 100 valence electrons. The summed E-state index contributed by atoms with van der Waals surface area (Å²) in [5.74, 6) is -0.887. The maximum atomic E-state index is 11.7. The van der Waals surface area contributed by atoms with Crippen LogP contribution in [0.15, 0.2) is 21.3 Å². The molecule has 0 radical (unpaired) electrons. The Labute approximate surface area is 108 Å². The number of hydrogen-bond donors (Lipinski definition) is 2. The topological polar surface area (TPSA) is 103 Å². The summed E-state index contributed by atoms with van der Waals surface area (Å²) in [5.41, 5.74) is 5.32. The highest BCUT2D eigenvalue weighted by molar-refractivity contribution is 5.95. The number of aromatic hydroxyl groups is 1. The number of esters is 1. The van der Waals surface area contributed by atoms with Gasteiger partial charge in [0.1, 0.15) is 16.9 Å². The van der Waals surface area contributed by atoms with Gasteiger partial charge in [-0.1, -0.05) is 0 Å². The van der Waals surface area contributed by atoms with Gasteiger partial charge in [0.15, 0.2) is 0 Å². The van der Waals surface area contributed by atoms with E-state index in [1.165, 1.54) is 12.1 Å². The molecule has 1 aromatic carbocycles. The van der Waals surface area contributed by atoms with Crippen LogP contribution in [0, 0.1) is 6.92 Å². The number of rotatable bonds is 2. The maximum absolute atomic E-state index is 11.7. The summed E-state index contributed by atoms with van der Waals surface area (Å²) in [6.45, 7) is 3.37. The van der Waals surface area contributed by atoms with Crippen molar-refractivity contribution in [1.29, 1.82) is 0 Å². The molecular formula is C13H13NO5. The zero-order valence-corrected chi connectivity index (χ0v) is 10.5. The van der Waals surface area contributed by atoms with E-state index in [-0.39, 0.29) is 29.2 Å². The van der Waals surface area contributed by atoms with Gasteiger partial charge in [-0.15, -0.1) is 0 Å². The minimum atomic E-state index is -0.807. The number of phenolic OH excluding ortho intramolecular Hbond substituents is 1. The van der Waals surface area contributed by atoms with Gasteiger partial charge in [-0.25, -0.2) is 9.59 Å². The van der Waals surface area contributed by atoms with Crippen molar-refractivity contribution >= 4 is 22.6 Å². The summed E-state index contributed by atoms with van der Waals surface area (Å²) in [4.78, 5) is 23.3. The molecule has 0 atom stereocenters. The Morgan fingerprint density at radius 3 is 2.79 bits per heavy atom. The highest BCUT2D eigenvalue weighted by Crippen LogP contribution is 2.31. The minimum Gasteiger partial charge on any atom is -0.505 e. The molecule has 2 rings (SSSR count). The number of carbonyl (C=O) groups is 1. The molecule has 0 saturated carbocycles. The molecule has 0 amide bonds. The largest absolute Gasteiger partial charge is 0.505 e. The molecule has 19 heavy (non-hydrogen) atoms. The molecular weight excluding hydrogens is 250 g/mol. The molecule has 1 heterocycles. The number of anilines is 1. The lowest BCUT2D eigenvalue weighted by molar-refractivity contribution is 0.0522. The average Bonchev–Trinajstić information content (AvgIpc) is 2.37. The molecule has 0 bridgehead atoms. The monoisotopic (exact) mass is 263 g/mol. The molecule has 0 aliphatic heterocycles. The molecule has 0 aliphatic rings. The summed E-state index contributed by atoms with van der Waals surface area (Å²) in [6.07, 6.45) is 0. The number of ether oxygens (including phenoxy) is 1. The highest BCUT2D eigenvalue weighted by atomic mass is 16.5. The number of carbonyl (C=O) groups excluding carboxylic acids is 1. The Kier molecular flexibility index (Phi) is 3.16. The summed E-state index contributed by atoms with van der Waals surface area (Å²) >= 11 is 0. The predicted octanol–water partition coefficient (Wildman–Crippen LogP) is 1.57. The first-order valence-electron chi connectivity index (χ1n) is 5.68. The van der Waals surface area contributed by atoms with Crippen molar-refractivity contribution in [2.45, 2.75) is 13.8 Å². The fourth-order valence-corrected chi connectivity index (χ4v) is 1.80. The summed E-state index contributed by atoms with van der Waals surface area (Å²) in [6, 6.07) is 2.78. The van der Waals surface area contributed by atoms with Crippen molar-refractivity contribution in [3.8, 4) is 5.75 Å². The number of nitrogen functional groups attached to an aromatic ring is 1. The van der Waals surface area contributed by atoms with Gasteiger partial charge < -0.3 is 20.0 Å². The maximum Gasteiger partial charge on any atom is 0.351 e. The Morgan fingerprint density at radius 1 is 1.47 bits per heavy atom. The Balaban J connectivity index is 2.73. The van der Waals surface area contributed by atoms with Crippen LogP contribution in [-0.2, 0) is 4.74 Å². The predicted molar refractivity (Wildman–Crippen MR) is 69.3 cm³/mol. The fourth-order valence-electron chi connectivity index (χ4n) is 1.80. The zero-order valence-electron chi connectivity index (χ0n) is 10.5. The Hall–Kier alpha value is -2.50. The van der Waals surface area contributed by atoms with Crippen LogP contribution in [0.3, 0.4) is 0 Å². The second kappa shape index (κ2) is 4.64. The van der Waals surface area contributed by atoms with Crippen LogP contribution in [0.4, 0.5) is 5.69 Å². The standard InChI is InChI=1S/C13H13NO5/c1-3-18-12(16)8-4-7-5-9(14)10(15)6(2)11(7)19-13(8)17/h4-5,15H,3,14H2,1-2H3. The van der Waals surface area contributed by atoms with Gasteiger partial charge in [-0.3, -0.25) is 0 Å². The molecule has 0 aliphatic carbocycles.